The molecule has 2 heterocycles. The van der Waals surface area contributed by atoms with Crippen molar-refractivity contribution in [2.75, 3.05) is 32.1 Å². The van der Waals surface area contributed by atoms with Crippen LogP contribution in [0.25, 0.3) is 0 Å². The average Bonchev–Trinajstić information content (AvgIpc) is 2.46. The van der Waals surface area contributed by atoms with Gasteiger partial charge in [-0.15, -0.1) is 24.0 Å². The Hall–Kier alpha value is -1.05. The monoisotopic (exact) mass is 403 g/mol. The van der Waals surface area contributed by atoms with E-state index >= 15 is 0 Å². The molecule has 2 rings (SSSR count). The zero-order valence-electron chi connectivity index (χ0n) is 13.1. The lowest BCUT2D eigenvalue weighted by molar-refractivity contribution is 0.277. The summed E-state index contributed by atoms with van der Waals surface area (Å²) in [5.41, 5.74) is 7.03. The Kier molecular flexibility index (Phi) is 7.21. The first-order chi connectivity index (χ1) is 9.56. The molecule has 1 saturated heterocycles. The van der Waals surface area contributed by atoms with Crippen LogP contribution in [0.2, 0.25) is 0 Å². The van der Waals surface area contributed by atoms with Gasteiger partial charge in [0.2, 0.25) is 0 Å². The second-order valence-corrected chi connectivity index (χ2v) is 5.73. The summed E-state index contributed by atoms with van der Waals surface area (Å²) < 4.78 is 0. The molecule has 118 valence electrons. The van der Waals surface area contributed by atoms with E-state index in [-0.39, 0.29) is 24.0 Å². The smallest absolute Gasteiger partial charge is 0.191 e. The molecular weight excluding hydrogens is 377 g/mol. The van der Waals surface area contributed by atoms with Crippen LogP contribution >= 0.6 is 24.0 Å². The number of piperidine rings is 1. The molecule has 0 aliphatic carbocycles. The summed E-state index contributed by atoms with van der Waals surface area (Å²) in [6.07, 6.45) is 2.40. The quantitative estimate of drug-likeness (QED) is 0.478. The molecule has 0 aromatic carbocycles. The lowest BCUT2D eigenvalue weighted by Gasteiger charge is -2.31. The van der Waals surface area contributed by atoms with Gasteiger partial charge in [0.05, 0.1) is 12.2 Å². The fourth-order valence-corrected chi connectivity index (χ4v) is 2.30. The molecule has 0 unspecified atom stereocenters. The third-order valence-electron chi connectivity index (χ3n) is 3.76. The number of nitrogens with two attached hydrogens (primary N) is 1. The number of aliphatic imine (C=N–C) groups is 1. The maximum Gasteiger partial charge on any atom is 0.191 e. The number of anilines is 1. The summed E-state index contributed by atoms with van der Waals surface area (Å²) in [4.78, 5) is 13.2. The Balaban J connectivity index is 0.00000220. The average molecular weight is 403 g/mol. The molecule has 1 aromatic rings. The van der Waals surface area contributed by atoms with Gasteiger partial charge in [0.15, 0.2) is 5.96 Å². The number of halogens is 1. The highest BCUT2D eigenvalue weighted by Gasteiger charge is 2.16. The number of pyridine rings is 1. The molecule has 5 nitrogen and oxygen atoms in total. The number of hydrogen-bond acceptors (Lipinski definition) is 3. The summed E-state index contributed by atoms with van der Waals surface area (Å²) >= 11 is 0. The summed E-state index contributed by atoms with van der Waals surface area (Å²) in [6, 6.07) is 5.98. The van der Waals surface area contributed by atoms with Crippen LogP contribution in [0.1, 0.15) is 25.5 Å². The van der Waals surface area contributed by atoms with Crippen molar-refractivity contribution in [2.24, 2.45) is 16.6 Å². The van der Waals surface area contributed by atoms with Crippen molar-refractivity contribution in [2.45, 2.75) is 26.3 Å². The van der Waals surface area contributed by atoms with Gasteiger partial charge in [-0.05, 0) is 30.9 Å². The van der Waals surface area contributed by atoms with Gasteiger partial charge in [0, 0.05) is 27.2 Å². The van der Waals surface area contributed by atoms with E-state index in [0.717, 1.165) is 30.5 Å². The van der Waals surface area contributed by atoms with Crippen LogP contribution in [-0.4, -0.2) is 43.0 Å². The molecule has 0 saturated carbocycles. The molecule has 1 aromatic heterocycles. The molecule has 1 aliphatic rings. The third kappa shape index (κ3) is 5.33. The van der Waals surface area contributed by atoms with E-state index in [9.17, 15) is 0 Å². The highest BCUT2D eigenvalue weighted by molar-refractivity contribution is 14.0. The highest BCUT2D eigenvalue weighted by atomic mass is 127. The minimum atomic E-state index is 0. The Bertz CT molecular complexity index is 467. The van der Waals surface area contributed by atoms with Crippen molar-refractivity contribution in [1.29, 1.82) is 0 Å². The normalized spacial score (nSPS) is 16.5. The second-order valence-electron chi connectivity index (χ2n) is 5.73. The second kappa shape index (κ2) is 8.41. The zero-order chi connectivity index (χ0) is 14.5. The summed E-state index contributed by atoms with van der Waals surface area (Å²) in [6.45, 7) is 4.87. The predicted octanol–water partition coefficient (Wildman–Crippen LogP) is 2.31. The van der Waals surface area contributed by atoms with E-state index in [1.807, 2.05) is 37.2 Å². The molecule has 0 bridgehead atoms. The van der Waals surface area contributed by atoms with Gasteiger partial charge < -0.3 is 15.5 Å². The van der Waals surface area contributed by atoms with Crippen LogP contribution < -0.4 is 10.6 Å². The fourth-order valence-electron chi connectivity index (χ4n) is 2.30. The molecule has 6 heteroatoms. The van der Waals surface area contributed by atoms with Crippen molar-refractivity contribution < 1.29 is 0 Å². The molecule has 2 N–H and O–H groups in total. The maximum absolute atomic E-state index is 6.08. The Morgan fingerprint density at radius 1 is 1.38 bits per heavy atom. The van der Waals surface area contributed by atoms with E-state index in [4.69, 9.17) is 5.73 Å². The van der Waals surface area contributed by atoms with Crippen molar-refractivity contribution in [3.8, 4) is 0 Å². The van der Waals surface area contributed by atoms with E-state index < -0.39 is 0 Å². The van der Waals surface area contributed by atoms with E-state index in [1.54, 1.807) is 0 Å². The van der Waals surface area contributed by atoms with Gasteiger partial charge in [0.1, 0.15) is 5.82 Å². The lowest BCUT2D eigenvalue weighted by atomic mass is 10.00. The molecule has 0 amide bonds. The molecule has 1 aliphatic heterocycles. The Morgan fingerprint density at radius 2 is 2.05 bits per heavy atom. The van der Waals surface area contributed by atoms with Gasteiger partial charge >= 0.3 is 0 Å². The van der Waals surface area contributed by atoms with Gasteiger partial charge in [0.25, 0.3) is 0 Å². The van der Waals surface area contributed by atoms with Crippen LogP contribution in [0.3, 0.4) is 0 Å². The van der Waals surface area contributed by atoms with Crippen LogP contribution in [0.15, 0.2) is 23.2 Å². The number of nitrogens with zero attached hydrogens (tertiary/aromatic N) is 4. The number of aromatic nitrogens is 1. The molecular formula is C15H26IN5. The molecule has 0 radical (unpaired) electrons. The van der Waals surface area contributed by atoms with Crippen molar-refractivity contribution in [3.05, 3.63) is 23.9 Å². The van der Waals surface area contributed by atoms with E-state index in [0.29, 0.717) is 12.5 Å². The summed E-state index contributed by atoms with van der Waals surface area (Å²) in [5.74, 6) is 2.40. The van der Waals surface area contributed by atoms with Crippen molar-refractivity contribution >= 4 is 35.8 Å². The molecule has 1 fully saturated rings. The standard InChI is InChI=1S/C15H25N5.HI/c1-12-7-9-20(10-8-12)15(16)17-11-13-5-4-6-14(18-13)19(2)3;/h4-6,12H,7-11H2,1-3H3,(H2,16,17);1H. The van der Waals surface area contributed by atoms with Gasteiger partial charge in [-0.1, -0.05) is 13.0 Å². The van der Waals surface area contributed by atoms with E-state index in [1.165, 1.54) is 12.8 Å². The van der Waals surface area contributed by atoms with Crippen molar-refractivity contribution in [3.63, 3.8) is 0 Å². The SMILES string of the molecule is CC1CCN(C(N)=NCc2cccc(N(C)C)n2)CC1.I. The van der Waals surface area contributed by atoms with Gasteiger partial charge in [-0.2, -0.15) is 0 Å². The zero-order valence-corrected chi connectivity index (χ0v) is 15.4. The first-order valence-corrected chi connectivity index (χ1v) is 7.24. The number of guanidine groups is 1. The molecule has 0 spiro atoms. The molecule has 0 atom stereocenters. The summed E-state index contributed by atoms with van der Waals surface area (Å²) in [7, 11) is 3.97. The third-order valence-corrected chi connectivity index (χ3v) is 3.76. The lowest BCUT2D eigenvalue weighted by Crippen LogP contribution is -2.42. The minimum absolute atomic E-state index is 0. The Morgan fingerprint density at radius 3 is 2.67 bits per heavy atom. The maximum atomic E-state index is 6.08. The largest absolute Gasteiger partial charge is 0.370 e. The minimum Gasteiger partial charge on any atom is -0.370 e. The van der Waals surface area contributed by atoms with Crippen molar-refractivity contribution in [1.82, 2.24) is 9.88 Å². The fraction of sp³-hybridized carbons (Fsp3) is 0.600. The number of likely N-dealkylation sites (tertiary alicyclic amines) is 1. The summed E-state index contributed by atoms with van der Waals surface area (Å²) in [5, 5.41) is 0. The highest BCUT2D eigenvalue weighted by Crippen LogP contribution is 2.15. The Labute approximate surface area is 144 Å². The first kappa shape index (κ1) is 18.0. The van der Waals surface area contributed by atoms with Gasteiger partial charge in [-0.25, -0.2) is 9.98 Å². The van der Waals surface area contributed by atoms with Crippen LogP contribution in [0.4, 0.5) is 5.82 Å². The van der Waals surface area contributed by atoms with Crippen LogP contribution in [0.5, 0.6) is 0 Å². The number of rotatable bonds is 3. The van der Waals surface area contributed by atoms with Crippen LogP contribution in [0, 0.1) is 5.92 Å². The topological polar surface area (TPSA) is 57.8 Å². The number of hydrogen-bond donors (Lipinski definition) is 1. The predicted molar refractivity (Wildman–Crippen MR) is 99.3 cm³/mol. The molecule has 21 heavy (non-hydrogen) atoms. The van der Waals surface area contributed by atoms with Crippen LogP contribution in [-0.2, 0) is 6.54 Å². The van der Waals surface area contributed by atoms with Gasteiger partial charge in [-0.3, -0.25) is 0 Å². The first-order valence-electron chi connectivity index (χ1n) is 7.24. The van der Waals surface area contributed by atoms with E-state index in [2.05, 4.69) is 21.8 Å².